The van der Waals surface area contributed by atoms with Gasteiger partial charge in [0.25, 0.3) is 5.91 Å². The number of rotatable bonds is 6. The number of ether oxygens (including phenoxy) is 1. The fraction of sp³-hybridized carbons (Fsp3) is 0.316. The van der Waals surface area contributed by atoms with Crippen molar-refractivity contribution in [3.05, 3.63) is 58.1 Å². The minimum atomic E-state index is -0.225. The van der Waals surface area contributed by atoms with Crippen LogP contribution >= 0.6 is 23.2 Å². The van der Waals surface area contributed by atoms with Gasteiger partial charge in [0.2, 0.25) is 0 Å². The zero-order valence-electron chi connectivity index (χ0n) is 14.3. The van der Waals surface area contributed by atoms with Crippen LogP contribution < -0.4 is 10.6 Å². The zero-order chi connectivity index (χ0) is 18.4. The number of benzene rings is 2. The number of carbonyl (C=O) groups is 1. The largest absolute Gasteiger partial charge is 0.384 e. The van der Waals surface area contributed by atoms with Crippen LogP contribution in [0.5, 0.6) is 0 Å². The monoisotopic (exact) mass is 393 g/mol. The lowest BCUT2D eigenvalue weighted by Crippen LogP contribution is -2.38. The molecule has 0 unspecified atom stereocenters. The Morgan fingerprint density at radius 3 is 2.38 bits per heavy atom. The van der Waals surface area contributed by atoms with Crippen LogP contribution in [0.25, 0.3) is 0 Å². The van der Waals surface area contributed by atoms with Crippen molar-refractivity contribution in [3.63, 3.8) is 0 Å². The van der Waals surface area contributed by atoms with Gasteiger partial charge in [-0.1, -0.05) is 23.2 Å². The predicted octanol–water partition coefficient (Wildman–Crippen LogP) is 3.99. The number of amides is 1. The van der Waals surface area contributed by atoms with Gasteiger partial charge in [0.05, 0.1) is 23.3 Å². The zero-order valence-corrected chi connectivity index (χ0v) is 15.8. The number of nitrogens with zero attached hydrogens (tertiary/aromatic N) is 1. The van der Waals surface area contributed by atoms with E-state index in [1.807, 2.05) is 24.3 Å². The van der Waals surface area contributed by atoms with Crippen LogP contribution in [0.1, 0.15) is 10.4 Å². The first-order chi connectivity index (χ1) is 12.6. The van der Waals surface area contributed by atoms with Gasteiger partial charge in [-0.05, 0) is 42.5 Å². The average Bonchev–Trinajstić information content (AvgIpc) is 2.66. The molecule has 0 saturated carbocycles. The molecule has 3 rings (SSSR count). The summed E-state index contributed by atoms with van der Waals surface area (Å²) in [5, 5.41) is 7.03. The van der Waals surface area contributed by atoms with Gasteiger partial charge in [-0.25, -0.2) is 0 Å². The summed E-state index contributed by atoms with van der Waals surface area (Å²) in [6.45, 7) is 5.46. The first-order valence-corrected chi connectivity index (χ1v) is 9.28. The molecule has 0 spiro atoms. The van der Waals surface area contributed by atoms with Crippen molar-refractivity contribution in [2.24, 2.45) is 0 Å². The average molecular weight is 394 g/mol. The van der Waals surface area contributed by atoms with Crippen molar-refractivity contribution in [3.8, 4) is 0 Å². The molecule has 2 N–H and O–H groups in total. The van der Waals surface area contributed by atoms with Gasteiger partial charge in [0.15, 0.2) is 0 Å². The Hall–Kier alpha value is -1.79. The Labute approximate surface area is 163 Å². The summed E-state index contributed by atoms with van der Waals surface area (Å²) in [6, 6.07) is 12.4. The summed E-state index contributed by atoms with van der Waals surface area (Å²) in [5.74, 6) is -0.225. The quantitative estimate of drug-likeness (QED) is 0.778. The minimum Gasteiger partial charge on any atom is -0.384 e. The molecule has 1 aliphatic heterocycles. The molecule has 1 aliphatic rings. The predicted molar refractivity (Wildman–Crippen MR) is 107 cm³/mol. The number of anilines is 2. The van der Waals surface area contributed by atoms with Crippen LogP contribution in [-0.4, -0.2) is 50.2 Å². The lowest BCUT2D eigenvalue weighted by atomic mass is 10.2. The molecule has 0 atom stereocenters. The molecule has 138 valence electrons. The third kappa shape index (κ3) is 5.35. The standard InChI is InChI=1S/C19H21Cl2N3O2/c20-17-6-1-14(13-18(17)21)19(25)23-16-4-2-15(3-5-16)22-7-8-24-9-11-26-12-10-24/h1-6,13,22H,7-12H2,(H,23,25). The van der Waals surface area contributed by atoms with Gasteiger partial charge in [-0.3, -0.25) is 9.69 Å². The molecule has 1 fully saturated rings. The highest BCUT2D eigenvalue weighted by Crippen LogP contribution is 2.23. The van der Waals surface area contributed by atoms with Gasteiger partial charge in [-0.15, -0.1) is 0 Å². The highest BCUT2D eigenvalue weighted by atomic mass is 35.5. The van der Waals surface area contributed by atoms with E-state index in [0.717, 1.165) is 50.8 Å². The number of hydrogen-bond acceptors (Lipinski definition) is 4. The summed E-state index contributed by atoms with van der Waals surface area (Å²) in [6.07, 6.45) is 0. The van der Waals surface area contributed by atoms with Crippen LogP contribution in [0.15, 0.2) is 42.5 Å². The molecule has 5 nitrogen and oxygen atoms in total. The lowest BCUT2D eigenvalue weighted by molar-refractivity contribution is 0.0398. The Kier molecular flexibility index (Phi) is 6.74. The third-order valence-electron chi connectivity index (χ3n) is 4.19. The maximum Gasteiger partial charge on any atom is 0.255 e. The van der Waals surface area contributed by atoms with Gasteiger partial charge in [0, 0.05) is 43.1 Å². The van der Waals surface area contributed by atoms with Crippen molar-refractivity contribution in [1.29, 1.82) is 0 Å². The number of halogens is 2. The molecule has 2 aromatic carbocycles. The lowest BCUT2D eigenvalue weighted by Gasteiger charge is -2.26. The van der Waals surface area contributed by atoms with Crippen molar-refractivity contribution >= 4 is 40.5 Å². The number of nitrogens with one attached hydrogen (secondary N) is 2. The molecule has 0 bridgehead atoms. The minimum absolute atomic E-state index is 0.225. The Bertz CT molecular complexity index is 747. The summed E-state index contributed by atoms with van der Waals surface area (Å²) in [4.78, 5) is 14.6. The summed E-state index contributed by atoms with van der Waals surface area (Å²) < 4.78 is 5.34. The van der Waals surface area contributed by atoms with E-state index in [0.29, 0.717) is 15.6 Å². The number of carbonyl (C=O) groups excluding carboxylic acids is 1. The topological polar surface area (TPSA) is 53.6 Å². The van der Waals surface area contributed by atoms with Crippen LogP contribution in [-0.2, 0) is 4.74 Å². The second-order valence-electron chi connectivity index (χ2n) is 6.04. The van der Waals surface area contributed by atoms with Crippen molar-refractivity contribution in [2.75, 3.05) is 50.0 Å². The first kappa shape index (κ1) is 19.0. The van der Waals surface area contributed by atoms with Gasteiger partial charge in [-0.2, -0.15) is 0 Å². The molecule has 2 aromatic rings. The van der Waals surface area contributed by atoms with Crippen molar-refractivity contribution < 1.29 is 9.53 Å². The molecular formula is C19H21Cl2N3O2. The molecule has 0 aromatic heterocycles. The van der Waals surface area contributed by atoms with Crippen LogP contribution in [0.2, 0.25) is 10.0 Å². The van der Waals surface area contributed by atoms with E-state index in [9.17, 15) is 4.79 Å². The van der Waals surface area contributed by atoms with Crippen LogP contribution in [0.4, 0.5) is 11.4 Å². The van der Waals surface area contributed by atoms with E-state index >= 15 is 0 Å². The van der Waals surface area contributed by atoms with E-state index in [4.69, 9.17) is 27.9 Å². The second-order valence-corrected chi connectivity index (χ2v) is 6.86. The molecule has 1 amide bonds. The van der Waals surface area contributed by atoms with Crippen LogP contribution in [0, 0.1) is 0 Å². The Balaban J connectivity index is 1.49. The normalized spacial score (nSPS) is 14.8. The molecule has 1 heterocycles. The molecule has 1 saturated heterocycles. The number of morpholine rings is 1. The molecular weight excluding hydrogens is 373 g/mol. The highest BCUT2D eigenvalue weighted by Gasteiger charge is 2.10. The van der Waals surface area contributed by atoms with E-state index in [2.05, 4.69) is 15.5 Å². The van der Waals surface area contributed by atoms with Gasteiger partial charge >= 0.3 is 0 Å². The van der Waals surface area contributed by atoms with Crippen molar-refractivity contribution in [1.82, 2.24) is 4.90 Å². The number of hydrogen-bond donors (Lipinski definition) is 2. The van der Waals surface area contributed by atoms with Gasteiger partial charge in [0.1, 0.15) is 0 Å². The fourth-order valence-electron chi connectivity index (χ4n) is 2.70. The fourth-order valence-corrected chi connectivity index (χ4v) is 2.99. The molecule has 0 radical (unpaired) electrons. The van der Waals surface area contributed by atoms with Crippen LogP contribution in [0.3, 0.4) is 0 Å². The summed E-state index contributed by atoms with van der Waals surface area (Å²) in [5.41, 5.74) is 2.21. The van der Waals surface area contributed by atoms with Crippen molar-refractivity contribution in [2.45, 2.75) is 0 Å². The first-order valence-electron chi connectivity index (χ1n) is 8.52. The maximum atomic E-state index is 12.3. The summed E-state index contributed by atoms with van der Waals surface area (Å²) in [7, 11) is 0. The molecule has 0 aliphatic carbocycles. The van der Waals surface area contributed by atoms with E-state index < -0.39 is 0 Å². The highest BCUT2D eigenvalue weighted by molar-refractivity contribution is 6.42. The Morgan fingerprint density at radius 2 is 1.69 bits per heavy atom. The third-order valence-corrected chi connectivity index (χ3v) is 4.92. The summed E-state index contributed by atoms with van der Waals surface area (Å²) >= 11 is 11.8. The van der Waals surface area contributed by atoms with E-state index in [1.165, 1.54) is 0 Å². The molecule has 7 heteroatoms. The Morgan fingerprint density at radius 1 is 1.00 bits per heavy atom. The SMILES string of the molecule is O=C(Nc1ccc(NCCN2CCOCC2)cc1)c1ccc(Cl)c(Cl)c1. The van der Waals surface area contributed by atoms with Gasteiger partial charge < -0.3 is 15.4 Å². The molecule has 26 heavy (non-hydrogen) atoms. The van der Waals surface area contributed by atoms with E-state index in [1.54, 1.807) is 18.2 Å². The second kappa shape index (κ2) is 9.24. The van der Waals surface area contributed by atoms with E-state index in [-0.39, 0.29) is 5.91 Å². The smallest absolute Gasteiger partial charge is 0.255 e. The maximum absolute atomic E-state index is 12.3.